The molecule has 0 aliphatic heterocycles. The zero-order valence-electron chi connectivity index (χ0n) is 6.57. The summed E-state index contributed by atoms with van der Waals surface area (Å²) in [6.45, 7) is 1.61. The highest BCUT2D eigenvalue weighted by atomic mass is 35.5. The second-order valence-electron chi connectivity index (χ2n) is 2.90. The number of alkyl halides is 1. The largest absolute Gasteiger partial charge is 0.228 e. The minimum absolute atomic E-state index is 0.836. The first-order chi connectivity index (χ1) is 5.34. The third-order valence-electron chi connectivity index (χ3n) is 1.73. The smallest absolute Gasteiger partial charge is 0.217 e. The molecule has 0 aromatic rings. The Morgan fingerprint density at radius 1 is 1.50 bits per heavy atom. The minimum Gasteiger partial charge on any atom is -0.228 e. The fourth-order valence-electron chi connectivity index (χ4n) is 1.12. The quantitative estimate of drug-likeness (QED) is 0.646. The summed E-state index contributed by atoms with van der Waals surface area (Å²) in [6.07, 6.45) is 6.43. The van der Waals surface area contributed by atoms with E-state index in [0.29, 0.717) is 0 Å². The Balaban J connectivity index is 3.08. The molecule has 1 aliphatic rings. The third kappa shape index (κ3) is 1.88. The second kappa shape index (κ2) is 2.87. The Labute approximate surface area is 76.9 Å². The molecule has 2 atom stereocenters. The van der Waals surface area contributed by atoms with Crippen molar-refractivity contribution in [3.05, 3.63) is 24.3 Å². The van der Waals surface area contributed by atoms with E-state index < -0.39 is 20.1 Å². The molecule has 0 fully saturated rings. The average molecular weight is 208 g/mol. The number of halogens is 1. The van der Waals surface area contributed by atoms with Crippen molar-refractivity contribution < 1.29 is 8.42 Å². The van der Waals surface area contributed by atoms with E-state index in [1.165, 1.54) is 6.08 Å². The van der Waals surface area contributed by atoms with Crippen LogP contribution in [0.25, 0.3) is 0 Å². The number of hydrogen-bond donors (Lipinski definition) is 1. The molecule has 0 bridgehead atoms. The zero-order chi connectivity index (χ0) is 9.41. The lowest BCUT2D eigenvalue weighted by Gasteiger charge is -2.26. The highest BCUT2D eigenvalue weighted by molar-refractivity contribution is 7.90. The van der Waals surface area contributed by atoms with Crippen molar-refractivity contribution >= 4 is 21.6 Å². The molecule has 1 rings (SSSR count). The summed E-state index contributed by atoms with van der Waals surface area (Å²) in [7, 11) is -3.60. The molecule has 5 heteroatoms. The molecule has 0 spiro atoms. The van der Waals surface area contributed by atoms with E-state index >= 15 is 0 Å². The number of allylic oxidation sites excluding steroid dienone is 3. The van der Waals surface area contributed by atoms with Gasteiger partial charge >= 0.3 is 0 Å². The van der Waals surface area contributed by atoms with Crippen LogP contribution >= 0.6 is 11.6 Å². The van der Waals surface area contributed by atoms with E-state index in [2.05, 4.69) is 0 Å². The van der Waals surface area contributed by atoms with Crippen LogP contribution in [-0.4, -0.2) is 18.5 Å². The van der Waals surface area contributed by atoms with Gasteiger partial charge in [-0.15, -0.1) is 11.6 Å². The summed E-state index contributed by atoms with van der Waals surface area (Å²) in [4.78, 5) is -0.928. The van der Waals surface area contributed by atoms with Gasteiger partial charge in [-0.05, 0) is 6.92 Å². The summed E-state index contributed by atoms with van der Waals surface area (Å²) >= 11 is 5.93. The Hall–Kier alpha value is -0.320. The van der Waals surface area contributed by atoms with Crippen LogP contribution in [0, 0.1) is 0 Å². The van der Waals surface area contributed by atoms with Gasteiger partial charge in [-0.2, -0.15) is 0 Å². The molecule has 3 nitrogen and oxygen atoms in total. The van der Waals surface area contributed by atoms with Crippen molar-refractivity contribution in [2.45, 2.75) is 17.0 Å². The number of nitrogens with two attached hydrogens (primary N) is 1. The molecule has 0 saturated carbocycles. The van der Waals surface area contributed by atoms with Gasteiger partial charge in [-0.25, -0.2) is 13.6 Å². The topological polar surface area (TPSA) is 60.2 Å². The van der Waals surface area contributed by atoms with Crippen molar-refractivity contribution in [3.63, 3.8) is 0 Å². The van der Waals surface area contributed by atoms with Crippen LogP contribution in [0.1, 0.15) is 6.92 Å². The van der Waals surface area contributed by atoms with Gasteiger partial charge in [0.2, 0.25) is 10.0 Å². The van der Waals surface area contributed by atoms with E-state index in [4.69, 9.17) is 16.7 Å². The number of rotatable bonds is 1. The summed E-state index contributed by atoms with van der Waals surface area (Å²) in [5.41, 5.74) is 0. The normalized spacial score (nSPS) is 35.4. The molecule has 1 aliphatic carbocycles. The zero-order valence-corrected chi connectivity index (χ0v) is 8.14. The van der Waals surface area contributed by atoms with Crippen LogP contribution in [0.4, 0.5) is 0 Å². The molecule has 0 radical (unpaired) electrons. The van der Waals surface area contributed by atoms with Gasteiger partial charge in [-0.1, -0.05) is 24.3 Å². The van der Waals surface area contributed by atoms with Gasteiger partial charge < -0.3 is 0 Å². The molecule has 0 heterocycles. The fraction of sp³-hybridized carbons (Fsp3) is 0.429. The third-order valence-corrected chi connectivity index (χ3v) is 3.57. The molecule has 0 aromatic heterocycles. The Morgan fingerprint density at radius 3 is 2.42 bits per heavy atom. The Kier molecular flexibility index (Phi) is 2.33. The van der Waals surface area contributed by atoms with Crippen LogP contribution in [0.3, 0.4) is 0 Å². The summed E-state index contributed by atoms with van der Waals surface area (Å²) < 4.78 is 22.0. The molecular weight excluding hydrogens is 198 g/mol. The van der Waals surface area contributed by atoms with Crippen LogP contribution in [0.2, 0.25) is 0 Å². The van der Waals surface area contributed by atoms with Crippen molar-refractivity contribution in [3.8, 4) is 0 Å². The molecule has 68 valence electrons. The van der Waals surface area contributed by atoms with Crippen LogP contribution < -0.4 is 5.14 Å². The molecule has 12 heavy (non-hydrogen) atoms. The SMILES string of the molecule is CC1(Cl)C=CC=CC1S(N)(=O)=O. The first kappa shape index (κ1) is 9.77. The molecule has 2 N–H and O–H groups in total. The van der Waals surface area contributed by atoms with Gasteiger partial charge in [0.1, 0.15) is 5.25 Å². The van der Waals surface area contributed by atoms with E-state index in [1.807, 2.05) is 0 Å². The number of primary sulfonamides is 1. The van der Waals surface area contributed by atoms with Crippen molar-refractivity contribution in [2.75, 3.05) is 0 Å². The highest BCUT2D eigenvalue weighted by Crippen LogP contribution is 2.28. The maximum Gasteiger partial charge on any atom is 0.217 e. The second-order valence-corrected chi connectivity index (χ2v) is 5.41. The summed E-state index contributed by atoms with van der Waals surface area (Å²) in [6, 6.07) is 0. The van der Waals surface area contributed by atoms with E-state index in [-0.39, 0.29) is 0 Å². The number of sulfonamides is 1. The Morgan fingerprint density at radius 2 is 2.08 bits per heavy atom. The van der Waals surface area contributed by atoms with E-state index in [9.17, 15) is 8.42 Å². The van der Waals surface area contributed by atoms with Crippen molar-refractivity contribution in [1.82, 2.24) is 0 Å². The lowest BCUT2D eigenvalue weighted by Crippen LogP contribution is -2.42. The molecule has 0 aromatic carbocycles. The van der Waals surface area contributed by atoms with Crippen LogP contribution in [0.5, 0.6) is 0 Å². The summed E-state index contributed by atoms with van der Waals surface area (Å²) in [5.74, 6) is 0. The predicted octanol–water partition coefficient (Wildman–Crippen LogP) is 0.767. The first-order valence-electron chi connectivity index (χ1n) is 3.40. The maximum absolute atomic E-state index is 11.0. The molecular formula is C7H10ClNO2S. The van der Waals surface area contributed by atoms with Crippen LogP contribution in [0.15, 0.2) is 24.3 Å². The summed E-state index contributed by atoms with van der Waals surface area (Å²) in [5, 5.41) is 4.15. The number of hydrogen-bond acceptors (Lipinski definition) is 2. The van der Waals surface area contributed by atoms with Gasteiger partial charge in [0.15, 0.2) is 0 Å². The first-order valence-corrected chi connectivity index (χ1v) is 5.39. The van der Waals surface area contributed by atoms with Gasteiger partial charge in [-0.3, -0.25) is 0 Å². The molecule has 0 saturated heterocycles. The van der Waals surface area contributed by atoms with Gasteiger partial charge in [0.05, 0.1) is 4.87 Å². The minimum atomic E-state index is -3.60. The van der Waals surface area contributed by atoms with Crippen LogP contribution in [-0.2, 0) is 10.0 Å². The van der Waals surface area contributed by atoms with Crippen molar-refractivity contribution in [1.29, 1.82) is 0 Å². The maximum atomic E-state index is 11.0. The van der Waals surface area contributed by atoms with E-state index in [1.54, 1.807) is 25.2 Å². The van der Waals surface area contributed by atoms with Gasteiger partial charge in [0, 0.05) is 0 Å². The molecule has 2 unspecified atom stereocenters. The van der Waals surface area contributed by atoms with Crippen molar-refractivity contribution in [2.24, 2.45) is 5.14 Å². The fourth-order valence-corrected chi connectivity index (χ4v) is 2.67. The molecule has 0 amide bonds. The van der Waals surface area contributed by atoms with E-state index in [0.717, 1.165) is 0 Å². The highest BCUT2D eigenvalue weighted by Gasteiger charge is 2.36. The lowest BCUT2D eigenvalue weighted by molar-refractivity contribution is 0.580. The predicted molar refractivity (Wildman–Crippen MR) is 49.4 cm³/mol. The lowest BCUT2D eigenvalue weighted by atomic mass is 10.0. The standard InChI is InChI=1S/C7H10ClNO2S/c1-7(8)5-3-2-4-6(7)12(9,10)11/h2-6H,1H3,(H2,9,10,11). The average Bonchev–Trinajstić information content (AvgIpc) is 1.83. The Bertz CT molecular complexity index is 329. The van der Waals surface area contributed by atoms with Gasteiger partial charge in [0.25, 0.3) is 0 Å². The monoisotopic (exact) mass is 207 g/mol.